The predicted molar refractivity (Wildman–Crippen MR) is 260 cm³/mol. The van der Waals surface area contributed by atoms with Crippen molar-refractivity contribution in [1.82, 2.24) is 42.5 Å². The Morgan fingerprint density at radius 2 is 0.647 bits per heavy atom. The summed E-state index contributed by atoms with van der Waals surface area (Å²) in [5, 5.41) is 33.1. The molecule has 348 valence electrons. The lowest BCUT2D eigenvalue weighted by Crippen LogP contribution is -2.55. The maximum Gasteiger partial charge on any atom is 0.127 e. The molecule has 14 atom stereocenters. The molecule has 7 aliphatic rings. The van der Waals surface area contributed by atoms with Crippen LogP contribution in [0.5, 0.6) is 34.5 Å². The molecule has 5 aliphatic heterocycles. The van der Waals surface area contributed by atoms with E-state index in [0.717, 1.165) is 73.0 Å². The van der Waals surface area contributed by atoms with Gasteiger partial charge in [0.05, 0.1) is 61.5 Å². The van der Waals surface area contributed by atoms with Crippen LogP contribution in [0.4, 0.5) is 0 Å². The van der Waals surface area contributed by atoms with Crippen LogP contribution < -0.4 is 61.5 Å². The summed E-state index contributed by atoms with van der Waals surface area (Å²) >= 11 is 0. The second-order valence-corrected chi connectivity index (χ2v) is 19.8. The Balaban J connectivity index is 0.861. The Morgan fingerprint density at radius 1 is 0.294 bits per heavy atom. The highest BCUT2D eigenvalue weighted by atomic mass is 16.5. The third-order valence-corrected chi connectivity index (χ3v) is 15.7. The van der Waals surface area contributed by atoms with Gasteiger partial charge < -0.3 is 18.9 Å². The van der Waals surface area contributed by atoms with E-state index < -0.39 is 0 Å². The minimum atomic E-state index is -0.144. The van der Waals surface area contributed by atoms with Gasteiger partial charge in [-0.2, -0.15) is 0 Å². The standard InChI is InChI=1S/C56H60N8O4/c1-5-13-33(14-6-1)65-37-21-25-41-45(29-37)53-57-49(41)62-54-47-31-39(67-35-17-9-3-10-18-35)23-27-43(47)51(59-54)64-56-48-32-40(68-36-19-11-4-12-20-36)24-28-44(48)52(60-56)63-55-46-30-38(66-34-15-7-2-8-16-34)22-26-42(46)50(58-55)61-53/h1-21,24-25,28-29,32,38-39,42-43,46-47,49-64H,22-23,26-27,30-31H2. The van der Waals surface area contributed by atoms with Crippen LogP contribution in [-0.2, 0) is 0 Å². The fourth-order valence-electron chi connectivity index (χ4n) is 12.6. The maximum atomic E-state index is 6.70. The average Bonchev–Trinajstić information content (AvgIpc) is 4.10. The Morgan fingerprint density at radius 3 is 1.04 bits per heavy atom. The summed E-state index contributed by atoms with van der Waals surface area (Å²) in [5.41, 5.74) is 4.83. The van der Waals surface area contributed by atoms with Crippen molar-refractivity contribution in [3.05, 3.63) is 180 Å². The molecule has 6 aromatic carbocycles. The Labute approximate surface area is 398 Å². The fourth-order valence-corrected chi connectivity index (χ4v) is 12.6. The highest BCUT2D eigenvalue weighted by Gasteiger charge is 2.52. The highest BCUT2D eigenvalue weighted by molar-refractivity contribution is 5.46. The molecular weight excluding hydrogens is 849 g/mol. The lowest BCUT2D eigenvalue weighted by Gasteiger charge is -2.37. The summed E-state index contributed by atoms with van der Waals surface area (Å²) in [4.78, 5) is 0. The zero-order valence-corrected chi connectivity index (χ0v) is 38.0. The number of benzene rings is 6. The smallest absolute Gasteiger partial charge is 0.127 e. The predicted octanol–water partition coefficient (Wildman–Crippen LogP) is 8.78. The summed E-state index contributed by atoms with van der Waals surface area (Å²) in [7, 11) is 0. The van der Waals surface area contributed by atoms with Crippen LogP contribution in [0.2, 0.25) is 0 Å². The van der Waals surface area contributed by atoms with Gasteiger partial charge in [0.25, 0.3) is 0 Å². The molecule has 68 heavy (non-hydrogen) atoms. The molecule has 14 unspecified atom stereocenters. The lowest BCUT2D eigenvalue weighted by atomic mass is 9.77. The summed E-state index contributed by atoms with van der Waals surface area (Å²) < 4.78 is 26.4. The van der Waals surface area contributed by atoms with Crippen molar-refractivity contribution < 1.29 is 18.9 Å². The first-order valence-electron chi connectivity index (χ1n) is 24.9. The van der Waals surface area contributed by atoms with Crippen LogP contribution in [0.1, 0.15) is 85.4 Å². The molecular formula is C56H60N8O4. The van der Waals surface area contributed by atoms with Crippen molar-refractivity contribution in [2.75, 3.05) is 0 Å². The molecule has 5 fully saturated rings. The molecule has 13 rings (SSSR count). The number of para-hydroxylation sites is 4. The van der Waals surface area contributed by atoms with Crippen LogP contribution in [0.25, 0.3) is 0 Å². The molecule has 8 N–H and O–H groups in total. The van der Waals surface area contributed by atoms with Gasteiger partial charge in [-0.1, -0.05) is 84.9 Å². The fraction of sp³-hybridized carbons (Fsp3) is 0.357. The molecule has 2 aliphatic carbocycles. The van der Waals surface area contributed by atoms with Gasteiger partial charge in [0.15, 0.2) is 0 Å². The van der Waals surface area contributed by atoms with E-state index in [-0.39, 0.29) is 61.5 Å². The molecule has 0 aromatic heterocycles. The molecule has 12 heteroatoms. The van der Waals surface area contributed by atoms with Gasteiger partial charge >= 0.3 is 0 Å². The van der Waals surface area contributed by atoms with Gasteiger partial charge in [0.2, 0.25) is 0 Å². The lowest BCUT2D eigenvalue weighted by molar-refractivity contribution is 0.0769. The summed E-state index contributed by atoms with van der Waals surface area (Å²) in [6.45, 7) is 0. The van der Waals surface area contributed by atoms with Gasteiger partial charge in [-0.15, -0.1) is 0 Å². The normalized spacial score (nSPS) is 33.4. The highest BCUT2D eigenvalue weighted by Crippen LogP contribution is 2.46. The Hall–Kier alpha value is -5.80. The molecule has 6 aromatic rings. The van der Waals surface area contributed by atoms with Crippen LogP contribution in [0.3, 0.4) is 0 Å². The molecule has 3 saturated heterocycles. The van der Waals surface area contributed by atoms with Crippen molar-refractivity contribution in [2.24, 2.45) is 23.7 Å². The molecule has 2 saturated carbocycles. The SMILES string of the molecule is c1ccc(Oc2ccc3c(c2)C2NC3NC3NC(NC4NC(NC5NC(N2)C2CCC(Oc6ccccc6)CC52)c2ccc(Oc5ccccc5)cc24)C2CCC(Oc4ccccc4)CC32)cc1. The number of hydrogen-bond donors (Lipinski definition) is 8. The van der Waals surface area contributed by atoms with E-state index in [0.29, 0.717) is 23.7 Å². The van der Waals surface area contributed by atoms with Crippen molar-refractivity contribution in [3.63, 3.8) is 0 Å². The van der Waals surface area contributed by atoms with Crippen molar-refractivity contribution in [1.29, 1.82) is 0 Å². The van der Waals surface area contributed by atoms with Gasteiger partial charge in [-0.3, -0.25) is 42.5 Å². The van der Waals surface area contributed by atoms with Crippen LogP contribution in [0, 0.1) is 23.7 Å². The third-order valence-electron chi connectivity index (χ3n) is 15.7. The van der Waals surface area contributed by atoms with Crippen molar-refractivity contribution in [3.8, 4) is 34.5 Å². The topological polar surface area (TPSA) is 133 Å². The van der Waals surface area contributed by atoms with E-state index in [1.165, 1.54) is 22.3 Å². The minimum Gasteiger partial charge on any atom is -0.490 e. The first-order valence-corrected chi connectivity index (χ1v) is 24.9. The average molecular weight is 909 g/mol. The maximum absolute atomic E-state index is 6.70. The van der Waals surface area contributed by atoms with E-state index >= 15 is 0 Å². The van der Waals surface area contributed by atoms with Crippen LogP contribution >= 0.6 is 0 Å². The van der Waals surface area contributed by atoms with Gasteiger partial charge in [-0.25, -0.2) is 0 Å². The summed E-state index contributed by atoms with van der Waals surface area (Å²) in [6, 6.07) is 53.9. The number of ether oxygens (including phenoxy) is 4. The first-order chi connectivity index (χ1) is 33.6. The number of hydrogen-bond acceptors (Lipinski definition) is 12. The number of fused-ring (bicyclic) bond motifs is 20. The second kappa shape index (κ2) is 18.3. The van der Waals surface area contributed by atoms with E-state index in [1.54, 1.807) is 0 Å². The van der Waals surface area contributed by atoms with Crippen molar-refractivity contribution in [2.45, 2.75) is 100 Å². The van der Waals surface area contributed by atoms with Gasteiger partial charge in [0.1, 0.15) is 34.5 Å². The number of nitrogens with one attached hydrogen (secondary N) is 8. The second-order valence-electron chi connectivity index (χ2n) is 19.8. The van der Waals surface area contributed by atoms with Crippen molar-refractivity contribution >= 4 is 0 Å². The largest absolute Gasteiger partial charge is 0.490 e. The summed E-state index contributed by atoms with van der Waals surface area (Å²) in [5.74, 6) is 6.47. The molecule has 5 heterocycles. The molecule has 0 radical (unpaired) electrons. The zero-order valence-electron chi connectivity index (χ0n) is 38.0. The Bertz CT molecular complexity index is 2500. The molecule has 0 spiro atoms. The van der Waals surface area contributed by atoms with E-state index in [4.69, 9.17) is 18.9 Å². The van der Waals surface area contributed by atoms with Crippen LogP contribution in [0.15, 0.2) is 158 Å². The Kier molecular flexibility index (Phi) is 11.4. The van der Waals surface area contributed by atoms with E-state index in [9.17, 15) is 0 Å². The van der Waals surface area contributed by atoms with Gasteiger partial charge in [-0.05, 0) is 157 Å². The summed E-state index contributed by atoms with van der Waals surface area (Å²) in [6.07, 6.45) is 5.67. The number of rotatable bonds is 8. The first kappa shape index (κ1) is 42.3. The monoisotopic (exact) mass is 908 g/mol. The molecule has 0 amide bonds. The molecule has 8 bridgehead atoms. The zero-order chi connectivity index (χ0) is 45.0. The van der Waals surface area contributed by atoms with Gasteiger partial charge in [0, 0.05) is 0 Å². The third kappa shape index (κ3) is 8.43. The van der Waals surface area contributed by atoms with E-state index in [1.807, 2.05) is 72.8 Å². The quantitative estimate of drug-likeness (QED) is 0.0743. The van der Waals surface area contributed by atoms with E-state index in [2.05, 4.69) is 127 Å². The molecule has 12 nitrogen and oxygen atoms in total. The van der Waals surface area contributed by atoms with Crippen LogP contribution in [-0.4, -0.2) is 36.9 Å². The minimum absolute atomic E-state index is 0.00210.